The van der Waals surface area contributed by atoms with Crippen LogP contribution in [0.3, 0.4) is 0 Å². The minimum atomic E-state index is 0.0382. The first-order valence-electron chi connectivity index (χ1n) is 8.99. The maximum absolute atomic E-state index is 9.28. The molecule has 1 atom stereocenters. The summed E-state index contributed by atoms with van der Waals surface area (Å²) in [5, 5.41) is 17.7. The van der Waals surface area contributed by atoms with Crippen molar-refractivity contribution in [3.8, 4) is 17.5 Å². The van der Waals surface area contributed by atoms with Crippen LogP contribution in [-0.4, -0.2) is 46.3 Å². The Hall–Kier alpha value is -3.24. The molecule has 4 rings (SSSR count). The summed E-state index contributed by atoms with van der Waals surface area (Å²) in [5.74, 6) is 1.93. The summed E-state index contributed by atoms with van der Waals surface area (Å²) in [6, 6.07) is 15.6. The van der Waals surface area contributed by atoms with Gasteiger partial charge in [0.15, 0.2) is 0 Å². The van der Waals surface area contributed by atoms with Gasteiger partial charge in [-0.2, -0.15) is 5.26 Å². The van der Waals surface area contributed by atoms with Crippen molar-refractivity contribution in [3.05, 3.63) is 60.1 Å². The molecule has 1 aromatic carbocycles. The van der Waals surface area contributed by atoms with Crippen LogP contribution in [0.4, 0.5) is 5.82 Å². The monoisotopic (exact) mass is 360 g/mol. The van der Waals surface area contributed by atoms with Gasteiger partial charge in [-0.25, -0.2) is 4.98 Å². The fourth-order valence-corrected chi connectivity index (χ4v) is 3.31. The Morgan fingerprint density at radius 3 is 2.56 bits per heavy atom. The van der Waals surface area contributed by atoms with Crippen molar-refractivity contribution in [3.63, 3.8) is 0 Å². The Kier molecular flexibility index (Phi) is 4.81. The van der Waals surface area contributed by atoms with Crippen molar-refractivity contribution in [1.29, 1.82) is 5.26 Å². The summed E-state index contributed by atoms with van der Waals surface area (Å²) in [4.78, 5) is 8.85. The first-order valence-corrected chi connectivity index (χ1v) is 8.99. The van der Waals surface area contributed by atoms with E-state index >= 15 is 0 Å². The van der Waals surface area contributed by atoms with Crippen LogP contribution >= 0.6 is 0 Å². The third-order valence-corrected chi connectivity index (χ3v) is 4.89. The molecule has 7 nitrogen and oxygen atoms in total. The summed E-state index contributed by atoms with van der Waals surface area (Å²) < 4.78 is 5.90. The topological polar surface area (TPSA) is 82.1 Å². The molecule has 1 aliphatic heterocycles. The quantitative estimate of drug-likeness (QED) is 0.707. The van der Waals surface area contributed by atoms with Gasteiger partial charge in [-0.3, -0.25) is 4.90 Å². The number of hydrogen-bond donors (Lipinski definition) is 0. The number of nitriles is 1. The number of pyridine rings is 1. The van der Waals surface area contributed by atoms with Crippen LogP contribution in [0.25, 0.3) is 11.5 Å². The minimum absolute atomic E-state index is 0.0382. The van der Waals surface area contributed by atoms with Crippen LogP contribution in [0.15, 0.2) is 53.1 Å². The molecule has 0 bridgehead atoms. The largest absolute Gasteiger partial charge is 0.419 e. The van der Waals surface area contributed by atoms with E-state index in [1.807, 2.05) is 30.3 Å². The molecule has 27 heavy (non-hydrogen) atoms. The fraction of sp³-hybridized carbons (Fsp3) is 0.300. The van der Waals surface area contributed by atoms with E-state index < -0.39 is 0 Å². The average molecular weight is 360 g/mol. The highest BCUT2D eigenvalue weighted by Crippen LogP contribution is 2.26. The van der Waals surface area contributed by atoms with Crippen molar-refractivity contribution in [2.45, 2.75) is 13.0 Å². The fourth-order valence-electron chi connectivity index (χ4n) is 3.31. The molecule has 2 aromatic heterocycles. The molecule has 1 fully saturated rings. The van der Waals surface area contributed by atoms with Gasteiger partial charge in [0.05, 0.1) is 11.6 Å². The van der Waals surface area contributed by atoms with Gasteiger partial charge in [-0.15, -0.1) is 10.2 Å². The molecule has 3 heterocycles. The van der Waals surface area contributed by atoms with E-state index in [1.165, 1.54) is 0 Å². The van der Waals surface area contributed by atoms with Gasteiger partial charge in [0, 0.05) is 37.9 Å². The standard InChI is InChI=1S/C20H20N6O/c1-15(19-23-24-20(27-19)16-6-3-2-4-7-16)25-10-12-26(13-11-25)18-17(14-21)8-5-9-22-18/h2-9,15H,10-13H2,1H3. The van der Waals surface area contributed by atoms with Gasteiger partial charge in [0.2, 0.25) is 11.8 Å². The molecular formula is C20H20N6O. The third kappa shape index (κ3) is 3.52. The van der Waals surface area contributed by atoms with Crippen LogP contribution in [-0.2, 0) is 0 Å². The molecule has 3 aromatic rings. The Morgan fingerprint density at radius 1 is 1.04 bits per heavy atom. The lowest BCUT2D eigenvalue weighted by atomic mass is 10.2. The van der Waals surface area contributed by atoms with Crippen molar-refractivity contribution < 1.29 is 4.42 Å². The molecule has 0 aliphatic carbocycles. The highest BCUT2D eigenvalue weighted by atomic mass is 16.4. The Balaban J connectivity index is 1.43. The smallest absolute Gasteiger partial charge is 0.247 e. The molecule has 1 unspecified atom stereocenters. The number of nitrogens with zero attached hydrogens (tertiary/aromatic N) is 6. The number of benzene rings is 1. The number of piperazine rings is 1. The summed E-state index contributed by atoms with van der Waals surface area (Å²) in [7, 11) is 0. The van der Waals surface area contributed by atoms with Gasteiger partial charge in [-0.05, 0) is 31.2 Å². The number of hydrogen-bond acceptors (Lipinski definition) is 7. The summed E-state index contributed by atoms with van der Waals surface area (Å²) in [6.45, 7) is 5.36. The van der Waals surface area contributed by atoms with Crippen LogP contribution in [0.5, 0.6) is 0 Å². The van der Waals surface area contributed by atoms with Crippen LogP contribution in [0.1, 0.15) is 24.4 Å². The molecule has 1 saturated heterocycles. The second kappa shape index (κ2) is 7.56. The molecule has 0 amide bonds. The maximum Gasteiger partial charge on any atom is 0.247 e. The summed E-state index contributed by atoms with van der Waals surface area (Å²) in [6.07, 6.45) is 1.73. The van der Waals surface area contributed by atoms with Crippen LogP contribution < -0.4 is 4.90 Å². The van der Waals surface area contributed by atoms with Gasteiger partial charge < -0.3 is 9.32 Å². The van der Waals surface area contributed by atoms with E-state index in [-0.39, 0.29) is 6.04 Å². The van der Waals surface area contributed by atoms with Crippen molar-refractivity contribution in [2.75, 3.05) is 31.1 Å². The first-order chi connectivity index (χ1) is 13.3. The predicted molar refractivity (Wildman–Crippen MR) is 101 cm³/mol. The second-order valence-electron chi connectivity index (χ2n) is 6.50. The zero-order chi connectivity index (χ0) is 18.6. The summed E-state index contributed by atoms with van der Waals surface area (Å²) in [5.41, 5.74) is 1.54. The summed E-state index contributed by atoms with van der Waals surface area (Å²) >= 11 is 0. The van der Waals surface area contributed by atoms with E-state index in [1.54, 1.807) is 18.3 Å². The molecule has 0 N–H and O–H groups in total. The van der Waals surface area contributed by atoms with Crippen molar-refractivity contribution in [2.24, 2.45) is 0 Å². The van der Waals surface area contributed by atoms with Crippen LogP contribution in [0.2, 0.25) is 0 Å². The molecule has 136 valence electrons. The van der Waals surface area contributed by atoms with E-state index in [4.69, 9.17) is 4.42 Å². The molecular weight excluding hydrogens is 340 g/mol. The Bertz CT molecular complexity index is 940. The average Bonchev–Trinajstić information content (AvgIpc) is 3.24. The van der Waals surface area contributed by atoms with Crippen molar-refractivity contribution in [1.82, 2.24) is 20.1 Å². The minimum Gasteiger partial charge on any atom is -0.419 e. The highest BCUT2D eigenvalue weighted by Gasteiger charge is 2.27. The highest BCUT2D eigenvalue weighted by molar-refractivity contribution is 5.54. The van der Waals surface area contributed by atoms with E-state index in [0.29, 0.717) is 17.3 Å². The van der Waals surface area contributed by atoms with Crippen molar-refractivity contribution >= 4 is 5.82 Å². The molecule has 0 saturated carbocycles. The van der Waals surface area contributed by atoms with Crippen LogP contribution in [0, 0.1) is 11.3 Å². The first kappa shape index (κ1) is 17.2. The van der Waals surface area contributed by atoms with E-state index in [2.05, 4.69) is 38.0 Å². The Morgan fingerprint density at radius 2 is 1.81 bits per heavy atom. The maximum atomic E-state index is 9.28. The van der Waals surface area contributed by atoms with E-state index in [0.717, 1.165) is 37.6 Å². The number of anilines is 1. The lowest BCUT2D eigenvalue weighted by Gasteiger charge is -2.37. The third-order valence-electron chi connectivity index (χ3n) is 4.89. The van der Waals surface area contributed by atoms with E-state index in [9.17, 15) is 5.26 Å². The molecule has 1 aliphatic rings. The molecule has 0 radical (unpaired) electrons. The zero-order valence-electron chi connectivity index (χ0n) is 15.1. The lowest BCUT2D eigenvalue weighted by Crippen LogP contribution is -2.47. The van der Waals surface area contributed by atoms with Gasteiger partial charge in [-0.1, -0.05) is 18.2 Å². The molecule has 7 heteroatoms. The SMILES string of the molecule is CC(c1nnc(-c2ccccc2)o1)N1CCN(c2ncccc2C#N)CC1. The zero-order valence-corrected chi connectivity index (χ0v) is 15.1. The van der Waals surface area contributed by atoms with Gasteiger partial charge in [0.1, 0.15) is 11.9 Å². The molecule has 0 spiro atoms. The number of aromatic nitrogens is 3. The van der Waals surface area contributed by atoms with Gasteiger partial charge >= 0.3 is 0 Å². The van der Waals surface area contributed by atoms with Gasteiger partial charge in [0.25, 0.3) is 0 Å². The predicted octanol–water partition coefficient (Wildman–Crippen LogP) is 2.89. The normalized spacial score (nSPS) is 16.1. The lowest BCUT2D eigenvalue weighted by molar-refractivity contribution is 0.173. The Labute approximate surface area is 157 Å². The second-order valence-corrected chi connectivity index (χ2v) is 6.50. The number of rotatable bonds is 4.